The number of carbonyl (C=O) groups is 2. The van der Waals surface area contributed by atoms with Gasteiger partial charge in [0, 0.05) is 6.20 Å². The lowest BCUT2D eigenvalue weighted by atomic mass is 10.0. The van der Waals surface area contributed by atoms with E-state index in [0.717, 1.165) is 6.07 Å². The number of alkyl halides is 3. The molecule has 1 N–H and O–H groups in total. The standard InChI is InChI=1S/C18H21F3N4O3/c1-10(2)7-14(17(27)28-4)24-16(26)13-9-23-25(11(13)3)15-6-5-12(8-22-15)18(19,20)21/h5-6,8-10,14H,7H2,1-4H3,(H,24,26). The molecule has 1 atom stereocenters. The average Bonchev–Trinajstić information content (AvgIpc) is 3.01. The fourth-order valence-corrected chi connectivity index (χ4v) is 2.61. The molecule has 0 aromatic carbocycles. The molecule has 0 aliphatic rings. The van der Waals surface area contributed by atoms with Crippen LogP contribution in [0, 0.1) is 12.8 Å². The topological polar surface area (TPSA) is 86.1 Å². The highest BCUT2D eigenvalue weighted by Gasteiger charge is 2.31. The normalized spacial score (nSPS) is 12.7. The maximum atomic E-state index is 12.7. The summed E-state index contributed by atoms with van der Waals surface area (Å²) in [5.74, 6) is -0.816. The second-order valence-electron chi connectivity index (χ2n) is 6.64. The van der Waals surface area contributed by atoms with Crippen LogP contribution in [0.1, 0.15) is 41.9 Å². The van der Waals surface area contributed by atoms with Crippen LogP contribution in [0.2, 0.25) is 0 Å². The minimum Gasteiger partial charge on any atom is -0.467 e. The van der Waals surface area contributed by atoms with E-state index in [9.17, 15) is 22.8 Å². The molecule has 0 radical (unpaired) electrons. The van der Waals surface area contributed by atoms with E-state index in [2.05, 4.69) is 15.4 Å². The smallest absolute Gasteiger partial charge is 0.417 e. The monoisotopic (exact) mass is 398 g/mol. The average molecular weight is 398 g/mol. The van der Waals surface area contributed by atoms with Gasteiger partial charge in [0.05, 0.1) is 30.1 Å². The number of pyridine rings is 1. The zero-order valence-corrected chi connectivity index (χ0v) is 15.9. The van der Waals surface area contributed by atoms with Crippen molar-refractivity contribution in [1.82, 2.24) is 20.1 Å². The fourth-order valence-electron chi connectivity index (χ4n) is 2.61. The van der Waals surface area contributed by atoms with Crippen molar-refractivity contribution in [1.29, 1.82) is 0 Å². The van der Waals surface area contributed by atoms with Crippen molar-refractivity contribution < 1.29 is 27.5 Å². The molecular weight excluding hydrogens is 377 g/mol. The van der Waals surface area contributed by atoms with Gasteiger partial charge in [-0.1, -0.05) is 13.8 Å². The number of hydrogen-bond donors (Lipinski definition) is 1. The first kappa shape index (κ1) is 21.4. The molecule has 0 saturated heterocycles. The maximum absolute atomic E-state index is 12.7. The number of rotatable bonds is 6. The lowest BCUT2D eigenvalue weighted by Crippen LogP contribution is -2.42. The molecular formula is C18H21F3N4O3. The summed E-state index contributed by atoms with van der Waals surface area (Å²) in [7, 11) is 1.24. The highest BCUT2D eigenvalue weighted by molar-refractivity contribution is 5.97. The summed E-state index contributed by atoms with van der Waals surface area (Å²) < 4.78 is 44.0. The Hall–Kier alpha value is -2.91. The lowest BCUT2D eigenvalue weighted by molar-refractivity contribution is -0.143. The molecule has 2 rings (SSSR count). The molecule has 0 spiro atoms. The minimum absolute atomic E-state index is 0.135. The molecule has 0 bridgehead atoms. The van der Waals surface area contributed by atoms with Gasteiger partial charge in [-0.3, -0.25) is 4.79 Å². The SMILES string of the molecule is COC(=O)C(CC(C)C)NC(=O)c1cnn(-c2ccc(C(F)(F)F)cn2)c1C. The zero-order valence-electron chi connectivity index (χ0n) is 15.9. The second kappa shape index (κ2) is 8.41. The van der Waals surface area contributed by atoms with E-state index < -0.39 is 29.7 Å². The summed E-state index contributed by atoms with van der Waals surface area (Å²) in [5.41, 5.74) is -0.328. The van der Waals surface area contributed by atoms with Crippen molar-refractivity contribution in [3.8, 4) is 5.82 Å². The van der Waals surface area contributed by atoms with Crippen LogP contribution in [0.15, 0.2) is 24.5 Å². The molecule has 1 unspecified atom stereocenters. The van der Waals surface area contributed by atoms with Gasteiger partial charge in [-0.25, -0.2) is 14.5 Å². The number of methoxy groups -OCH3 is 1. The van der Waals surface area contributed by atoms with Crippen LogP contribution in [0.25, 0.3) is 5.82 Å². The summed E-state index contributed by atoms with van der Waals surface area (Å²) in [4.78, 5) is 28.2. The molecule has 0 aliphatic carbocycles. The Morgan fingerprint density at radius 1 is 1.25 bits per heavy atom. The number of halogens is 3. The minimum atomic E-state index is -4.49. The number of amides is 1. The van der Waals surface area contributed by atoms with E-state index in [-0.39, 0.29) is 17.3 Å². The molecule has 28 heavy (non-hydrogen) atoms. The third kappa shape index (κ3) is 4.87. The van der Waals surface area contributed by atoms with Crippen molar-refractivity contribution in [2.75, 3.05) is 7.11 Å². The van der Waals surface area contributed by atoms with Gasteiger partial charge < -0.3 is 10.1 Å². The van der Waals surface area contributed by atoms with Gasteiger partial charge in [0.15, 0.2) is 5.82 Å². The van der Waals surface area contributed by atoms with Crippen LogP contribution in [0.3, 0.4) is 0 Å². The van der Waals surface area contributed by atoms with Crippen LogP contribution in [0.4, 0.5) is 13.2 Å². The summed E-state index contributed by atoms with van der Waals surface area (Å²) in [6.07, 6.45) is -2.12. The van der Waals surface area contributed by atoms with Crippen LogP contribution >= 0.6 is 0 Å². The Bertz CT molecular complexity index is 845. The maximum Gasteiger partial charge on any atom is 0.417 e. The van der Waals surface area contributed by atoms with Crippen molar-refractivity contribution in [3.63, 3.8) is 0 Å². The summed E-state index contributed by atoms with van der Waals surface area (Å²) in [5, 5.41) is 6.64. The quantitative estimate of drug-likeness (QED) is 0.757. The largest absolute Gasteiger partial charge is 0.467 e. The highest BCUT2D eigenvalue weighted by atomic mass is 19.4. The van der Waals surface area contributed by atoms with Gasteiger partial charge in [-0.2, -0.15) is 18.3 Å². The van der Waals surface area contributed by atoms with Crippen molar-refractivity contribution in [2.45, 2.75) is 39.4 Å². The van der Waals surface area contributed by atoms with Crippen molar-refractivity contribution >= 4 is 11.9 Å². The van der Waals surface area contributed by atoms with Crippen LogP contribution in [-0.2, 0) is 15.7 Å². The summed E-state index contributed by atoms with van der Waals surface area (Å²) in [6.45, 7) is 5.39. The molecule has 7 nitrogen and oxygen atoms in total. The van der Waals surface area contributed by atoms with Gasteiger partial charge in [0.1, 0.15) is 6.04 Å². The Balaban J connectivity index is 2.23. The van der Waals surface area contributed by atoms with E-state index in [1.54, 1.807) is 6.92 Å². The predicted octanol–water partition coefficient (Wildman–Crippen LogP) is 2.91. The van der Waals surface area contributed by atoms with Gasteiger partial charge in [0.25, 0.3) is 5.91 Å². The Labute approximate surface area is 159 Å². The van der Waals surface area contributed by atoms with Crippen LogP contribution < -0.4 is 5.32 Å². The van der Waals surface area contributed by atoms with Crippen LogP contribution in [0.5, 0.6) is 0 Å². The number of nitrogens with zero attached hydrogens (tertiary/aromatic N) is 3. The van der Waals surface area contributed by atoms with Crippen molar-refractivity contribution in [3.05, 3.63) is 41.3 Å². The van der Waals surface area contributed by atoms with E-state index >= 15 is 0 Å². The Kier molecular flexibility index (Phi) is 6.42. The molecule has 2 aromatic heterocycles. The molecule has 0 fully saturated rings. The molecule has 2 aromatic rings. The second-order valence-corrected chi connectivity index (χ2v) is 6.64. The number of esters is 1. The van der Waals surface area contributed by atoms with E-state index in [1.807, 2.05) is 13.8 Å². The Morgan fingerprint density at radius 2 is 1.93 bits per heavy atom. The van der Waals surface area contributed by atoms with E-state index in [0.29, 0.717) is 18.3 Å². The highest BCUT2D eigenvalue weighted by Crippen LogP contribution is 2.28. The molecule has 0 aliphatic heterocycles. The third-order valence-corrected chi connectivity index (χ3v) is 4.04. The third-order valence-electron chi connectivity index (χ3n) is 4.04. The number of nitrogens with one attached hydrogen (secondary N) is 1. The fraction of sp³-hybridized carbons (Fsp3) is 0.444. The van der Waals surface area contributed by atoms with Gasteiger partial charge in [-0.05, 0) is 31.4 Å². The van der Waals surface area contributed by atoms with Crippen molar-refractivity contribution in [2.24, 2.45) is 5.92 Å². The molecule has 0 saturated carbocycles. The van der Waals surface area contributed by atoms with Gasteiger partial charge in [-0.15, -0.1) is 0 Å². The first-order valence-electron chi connectivity index (χ1n) is 8.51. The zero-order chi connectivity index (χ0) is 21.1. The van der Waals surface area contributed by atoms with Crippen LogP contribution in [-0.4, -0.2) is 39.8 Å². The molecule has 1 amide bonds. The molecule has 152 valence electrons. The number of carbonyl (C=O) groups excluding carboxylic acids is 2. The first-order valence-corrected chi connectivity index (χ1v) is 8.51. The van der Waals surface area contributed by atoms with Gasteiger partial charge >= 0.3 is 12.1 Å². The summed E-state index contributed by atoms with van der Waals surface area (Å²) in [6, 6.07) is 1.24. The number of hydrogen-bond acceptors (Lipinski definition) is 5. The molecule has 10 heteroatoms. The number of ether oxygens (including phenoxy) is 1. The van der Waals surface area contributed by atoms with E-state index in [4.69, 9.17) is 4.74 Å². The van der Waals surface area contributed by atoms with E-state index in [1.165, 1.54) is 24.1 Å². The molecule has 2 heterocycles. The Morgan fingerprint density at radius 3 is 2.43 bits per heavy atom. The summed E-state index contributed by atoms with van der Waals surface area (Å²) >= 11 is 0. The lowest BCUT2D eigenvalue weighted by Gasteiger charge is -2.18. The predicted molar refractivity (Wildman–Crippen MR) is 93.8 cm³/mol. The number of aromatic nitrogens is 3. The van der Waals surface area contributed by atoms with Gasteiger partial charge in [0.2, 0.25) is 0 Å². The first-order chi connectivity index (χ1) is 13.0.